The number of ether oxygens (including phenoxy) is 1. The van der Waals surface area contributed by atoms with Crippen LogP contribution in [-0.4, -0.2) is 39.4 Å². The number of rotatable bonds is 6. The van der Waals surface area contributed by atoms with Crippen molar-refractivity contribution < 1.29 is 14.5 Å². The largest absolute Gasteiger partial charge is 0.464 e. The molecule has 0 aliphatic carbocycles. The molecule has 0 aliphatic heterocycles. The lowest BCUT2D eigenvalue weighted by atomic mass is 10.2. The molecule has 0 aliphatic rings. The van der Waals surface area contributed by atoms with Crippen molar-refractivity contribution in [3.05, 3.63) is 34.0 Å². The molecule has 1 heterocycles. The Kier molecular flexibility index (Phi) is 5.69. The Morgan fingerprint density at radius 3 is 2.86 bits per heavy atom. The number of hydrogen-bond donors (Lipinski definition) is 3. The first-order valence-corrected chi connectivity index (χ1v) is 5.96. The van der Waals surface area contributed by atoms with Gasteiger partial charge in [-0.2, -0.15) is 5.53 Å². The summed E-state index contributed by atoms with van der Waals surface area (Å²) in [7, 11) is 0. The summed E-state index contributed by atoms with van der Waals surface area (Å²) in [4.78, 5) is 24.6. The molecule has 1 atom stereocenters. The van der Waals surface area contributed by atoms with Crippen molar-refractivity contribution in [2.24, 2.45) is 5.84 Å². The number of pyridine rings is 1. The second-order valence-corrected chi connectivity index (χ2v) is 4.14. The van der Waals surface area contributed by atoms with Gasteiger partial charge in [-0.3, -0.25) is 21.1 Å². The van der Waals surface area contributed by atoms with Gasteiger partial charge < -0.3 is 14.9 Å². The van der Waals surface area contributed by atoms with Gasteiger partial charge in [0.2, 0.25) is 5.69 Å². The van der Waals surface area contributed by atoms with E-state index in [0.29, 0.717) is 0 Å². The summed E-state index contributed by atoms with van der Waals surface area (Å²) >= 11 is 0. The predicted molar refractivity (Wildman–Crippen MR) is 73.0 cm³/mol. The van der Waals surface area contributed by atoms with Gasteiger partial charge in [-0.25, -0.2) is 0 Å². The van der Waals surface area contributed by atoms with Crippen LogP contribution in [-0.2, 0) is 9.53 Å². The zero-order valence-electron chi connectivity index (χ0n) is 11.6. The molecule has 0 spiro atoms. The van der Waals surface area contributed by atoms with Crippen molar-refractivity contribution in [3.63, 3.8) is 0 Å². The summed E-state index contributed by atoms with van der Waals surface area (Å²) in [5.41, 5.74) is 2.35. The Morgan fingerprint density at radius 1 is 1.67 bits per heavy atom. The van der Waals surface area contributed by atoms with Gasteiger partial charge in [-0.15, -0.1) is 0 Å². The van der Waals surface area contributed by atoms with Crippen LogP contribution in [0.15, 0.2) is 18.2 Å². The second kappa shape index (κ2) is 7.26. The molecule has 0 radical (unpaired) electrons. The third-order valence-corrected chi connectivity index (χ3v) is 2.51. The molecule has 0 saturated heterocycles. The number of nitrogens with zero attached hydrogens (tertiary/aromatic N) is 3. The van der Waals surface area contributed by atoms with E-state index in [2.05, 4.69) is 10.5 Å². The first-order chi connectivity index (χ1) is 9.86. The van der Waals surface area contributed by atoms with E-state index >= 15 is 0 Å². The van der Waals surface area contributed by atoms with Gasteiger partial charge in [-0.1, -0.05) is 0 Å². The Labute approximate surface area is 120 Å². The fourth-order valence-electron chi connectivity index (χ4n) is 1.50. The zero-order valence-corrected chi connectivity index (χ0v) is 11.6. The number of nitrogens with two attached hydrogens (primary N) is 1. The van der Waals surface area contributed by atoms with Crippen LogP contribution in [0.4, 0.5) is 5.82 Å². The van der Waals surface area contributed by atoms with Gasteiger partial charge in [0.05, 0.1) is 6.04 Å². The molecule has 0 amide bonds. The van der Waals surface area contributed by atoms with E-state index in [0.717, 1.165) is 0 Å². The van der Waals surface area contributed by atoms with Gasteiger partial charge >= 0.3 is 11.8 Å². The van der Waals surface area contributed by atoms with Crippen molar-refractivity contribution in [1.82, 2.24) is 15.5 Å². The molecule has 21 heavy (non-hydrogen) atoms. The van der Waals surface area contributed by atoms with E-state index < -0.39 is 16.9 Å². The van der Waals surface area contributed by atoms with Crippen LogP contribution in [0.3, 0.4) is 0 Å². The second-order valence-electron chi connectivity index (χ2n) is 4.14. The van der Waals surface area contributed by atoms with Gasteiger partial charge in [0.15, 0.2) is 5.84 Å². The van der Waals surface area contributed by atoms with Gasteiger partial charge in [-0.05, 0) is 29.0 Å². The lowest BCUT2D eigenvalue weighted by Gasteiger charge is -2.27. The fourth-order valence-corrected chi connectivity index (χ4v) is 1.50. The lowest BCUT2D eigenvalue weighted by molar-refractivity contribution is -0.389. The Morgan fingerprint density at radius 2 is 2.33 bits per heavy atom. The number of amidine groups is 1. The highest BCUT2D eigenvalue weighted by atomic mass is 16.6. The minimum atomic E-state index is -0.653. The van der Waals surface area contributed by atoms with Crippen LogP contribution < -0.4 is 11.4 Å². The molecule has 10 heteroatoms. The van der Waals surface area contributed by atoms with Crippen molar-refractivity contribution in [1.29, 1.82) is 5.41 Å². The van der Waals surface area contributed by atoms with Crippen molar-refractivity contribution in [3.8, 4) is 0 Å². The Balaban J connectivity index is 2.90. The predicted octanol–water partition coefficient (Wildman–Crippen LogP) is -0.0529. The number of hydrazine groups is 2. The number of carbonyl (C=O) groups is 1. The van der Waals surface area contributed by atoms with E-state index in [4.69, 9.17) is 16.0 Å². The number of aromatic nitrogens is 1. The van der Waals surface area contributed by atoms with Gasteiger partial charge in [0.25, 0.3) is 0 Å². The van der Waals surface area contributed by atoms with E-state index in [-0.39, 0.29) is 24.0 Å². The Hall–Kier alpha value is -2.59. The van der Waals surface area contributed by atoms with Crippen molar-refractivity contribution in [2.45, 2.75) is 19.9 Å². The van der Waals surface area contributed by atoms with E-state index in [9.17, 15) is 14.9 Å². The van der Waals surface area contributed by atoms with Crippen molar-refractivity contribution in [2.75, 3.05) is 6.61 Å². The standard InChI is InChI=1S/C11H16N6O4/c1-7(6-21-8(2)18)16(15-13)11(12)9-4-3-5-10(14-9)17(19)20/h3-5,7,12,15H,6,13H2,1-2H3. The number of esters is 1. The molecule has 4 N–H and O–H groups in total. The van der Waals surface area contributed by atoms with Gasteiger partial charge in [0, 0.05) is 13.0 Å². The monoisotopic (exact) mass is 296 g/mol. The fraction of sp³-hybridized carbons (Fsp3) is 0.364. The minimum Gasteiger partial charge on any atom is -0.464 e. The normalized spacial score (nSPS) is 11.6. The summed E-state index contributed by atoms with van der Waals surface area (Å²) in [5, 5.41) is 19.9. The molecule has 10 nitrogen and oxygen atoms in total. The molecule has 0 saturated carbocycles. The van der Waals surface area contributed by atoms with Crippen molar-refractivity contribution >= 4 is 17.6 Å². The third kappa shape index (κ3) is 4.47. The first kappa shape index (κ1) is 16.5. The molecular formula is C11H16N6O4. The summed E-state index contributed by atoms with van der Waals surface area (Å²) in [5.74, 6) is 4.34. The summed E-state index contributed by atoms with van der Waals surface area (Å²) < 4.78 is 4.83. The maximum Gasteiger partial charge on any atom is 0.364 e. The topological polar surface area (TPSA) is 147 Å². The average Bonchev–Trinajstić information content (AvgIpc) is 2.45. The summed E-state index contributed by atoms with van der Waals surface area (Å²) in [6, 6.07) is 3.62. The smallest absolute Gasteiger partial charge is 0.364 e. The molecule has 1 aromatic rings. The SMILES string of the molecule is CC(=O)OCC(C)N(NN)C(=N)c1cccc([N+](=O)[O-])n1. The number of hydrogen-bond acceptors (Lipinski definition) is 8. The molecule has 0 fully saturated rings. The van der Waals surface area contributed by atoms with Gasteiger partial charge in [0.1, 0.15) is 6.61 Å². The maximum atomic E-state index is 10.8. The number of nitro groups is 1. The summed E-state index contributed by atoms with van der Waals surface area (Å²) in [6.45, 7) is 2.92. The van der Waals surface area contributed by atoms with Crippen LogP contribution in [0.2, 0.25) is 0 Å². The third-order valence-electron chi connectivity index (χ3n) is 2.51. The van der Waals surface area contributed by atoms with Crippen LogP contribution in [0.25, 0.3) is 0 Å². The highest BCUT2D eigenvalue weighted by molar-refractivity contribution is 5.94. The highest BCUT2D eigenvalue weighted by Crippen LogP contribution is 2.10. The van der Waals surface area contributed by atoms with Crippen LogP contribution in [0, 0.1) is 15.5 Å². The number of carbonyl (C=O) groups excluding carboxylic acids is 1. The van der Waals surface area contributed by atoms with E-state index in [1.807, 2.05) is 0 Å². The zero-order chi connectivity index (χ0) is 16.0. The maximum absolute atomic E-state index is 10.8. The average molecular weight is 296 g/mol. The molecule has 1 unspecified atom stereocenters. The quantitative estimate of drug-likeness (QED) is 0.165. The molecular weight excluding hydrogens is 280 g/mol. The molecule has 114 valence electrons. The first-order valence-electron chi connectivity index (χ1n) is 5.96. The number of nitrogens with one attached hydrogen (secondary N) is 2. The molecule has 0 bridgehead atoms. The van der Waals surface area contributed by atoms with Crippen LogP contribution >= 0.6 is 0 Å². The highest BCUT2D eigenvalue weighted by Gasteiger charge is 2.23. The minimum absolute atomic E-state index is 0.00313. The molecule has 0 aromatic carbocycles. The van der Waals surface area contributed by atoms with E-state index in [1.54, 1.807) is 6.92 Å². The lowest BCUT2D eigenvalue weighted by Crippen LogP contribution is -2.53. The van der Waals surface area contributed by atoms with Crippen LogP contribution in [0.5, 0.6) is 0 Å². The molecule has 1 rings (SSSR count). The molecule has 1 aromatic heterocycles. The van der Waals surface area contributed by atoms with E-state index in [1.165, 1.54) is 30.1 Å². The van der Waals surface area contributed by atoms with Crippen LogP contribution in [0.1, 0.15) is 19.5 Å². The summed E-state index contributed by atoms with van der Waals surface area (Å²) in [6.07, 6.45) is 0. The Bertz CT molecular complexity index is 549.